The number of hydrogen-bond donors (Lipinski definition) is 2. The largest absolute Gasteiger partial charge is 0.486 e. The molecule has 1 aliphatic heterocycles. The van der Waals surface area contributed by atoms with Gasteiger partial charge in [0, 0.05) is 23.6 Å². The van der Waals surface area contributed by atoms with Gasteiger partial charge in [-0.05, 0) is 55.3 Å². The number of nitrogens with one attached hydrogen (secondary N) is 2. The van der Waals surface area contributed by atoms with E-state index in [0.717, 1.165) is 11.3 Å². The summed E-state index contributed by atoms with van der Waals surface area (Å²) in [5.41, 5.74) is 1.50. The molecule has 0 spiro atoms. The van der Waals surface area contributed by atoms with Crippen LogP contribution in [0.2, 0.25) is 5.02 Å². The van der Waals surface area contributed by atoms with E-state index in [1.165, 1.54) is 0 Å². The topological polar surface area (TPSA) is 76.7 Å². The van der Waals surface area contributed by atoms with Crippen molar-refractivity contribution in [3.8, 4) is 11.5 Å². The Morgan fingerprint density at radius 2 is 1.79 bits per heavy atom. The third-order valence-electron chi connectivity index (χ3n) is 4.42. The van der Waals surface area contributed by atoms with Crippen molar-refractivity contribution >= 4 is 23.4 Å². The van der Waals surface area contributed by atoms with Gasteiger partial charge in [-0.25, -0.2) is 0 Å². The maximum absolute atomic E-state index is 12.2. The van der Waals surface area contributed by atoms with E-state index in [-0.39, 0.29) is 17.9 Å². The fourth-order valence-corrected chi connectivity index (χ4v) is 3.01. The molecule has 148 valence electrons. The van der Waals surface area contributed by atoms with Crippen LogP contribution in [0.5, 0.6) is 11.5 Å². The number of carbonyl (C=O) groups excluding carboxylic acids is 2. The smallest absolute Gasteiger partial charge is 0.251 e. The average molecular weight is 403 g/mol. The van der Waals surface area contributed by atoms with Crippen LogP contribution in [-0.2, 0) is 4.79 Å². The Labute approximate surface area is 169 Å². The van der Waals surface area contributed by atoms with E-state index < -0.39 is 0 Å². The first-order chi connectivity index (χ1) is 13.5. The van der Waals surface area contributed by atoms with Gasteiger partial charge in [0.05, 0.1) is 6.04 Å². The number of carbonyl (C=O) groups is 2. The van der Waals surface area contributed by atoms with Crippen molar-refractivity contribution in [2.75, 3.05) is 19.8 Å². The summed E-state index contributed by atoms with van der Waals surface area (Å²) in [5, 5.41) is 6.35. The summed E-state index contributed by atoms with van der Waals surface area (Å²) in [4.78, 5) is 24.2. The van der Waals surface area contributed by atoms with Crippen molar-refractivity contribution in [3.05, 3.63) is 58.6 Å². The monoisotopic (exact) mass is 402 g/mol. The molecule has 0 fully saturated rings. The predicted octanol–water partition coefficient (Wildman–Crippen LogP) is 3.50. The van der Waals surface area contributed by atoms with Crippen LogP contribution in [0.1, 0.15) is 41.7 Å². The molecule has 2 N–H and O–H groups in total. The first-order valence-electron chi connectivity index (χ1n) is 9.25. The highest BCUT2D eigenvalue weighted by atomic mass is 35.5. The van der Waals surface area contributed by atoms with E-state index >= 15 is 0 Å². The summed E-state index contributed by atoms with van der Waals surface area (Å²) in [6.07, 6.45) is 0.884. The lowest BCUT2D eigenvalue weighted by Crippen LogP contribution is -2.29. The van der Waals surface area contributed by atoms with Gasteiger partial charge in [-0.3, -0.25) is 9.59 Å². The summed E-state index contributed by atoms with van der Waals surface area (Å²) in [5.74, 6) is 1.18. The third-order valence-corrected chi connectivity index (χ3v) is 4.67. The van der Waals surface area contributed by atoms with E-state index in [1.807, 2.05) is 25.1 Å². The van der Waals surface area contributed by atoms with Crippen LogP contribution in [0.4, 0.5) is 0 Å². The van der Waals surface area contributed by atoms with E-state index in [4.69, 9.17) is 21.1 Å². The van der Waals surface area contributed by atoms with Gasteiger partial charge in [-0.1, -0.05) is 17.7 Å². The Morgan fingerprint density at radius 1 is 1.07 bits per heavy atom. The van der Waals surface area contributed by atoms with Gasteiger partial charge in [0.25, 0.3) is 5.91 Å². The van der Waals surface area contributed by atoms with Gasteiger partial charge in [0.15, 0.2) is 11.5 Å². The summed E-state index contributed by atoms with van der Waals surface area (Å²) in [6, 6.07) is 12.2. The molecule has 3 rings (SSSR count). The normalized spacial score (nSPS) is 13.5. The van der Waals surface area contributed by atoms with Crippen molar-refractivity contribution in [1.29, 1.82) is 0 Å². The standard InChI is InChI=1S/C21H23ClN2O4/c1-14(16-6-9-18-19(13-16)28-12-11-27-18)24-20(25)3-2-10-23-21(26)15-4-7-17(22)8-5-15/h4-9,13-14H,2-3,10-12H2,1H3,(H,23,26)(H,24,25). The molecule has 0 radical (unpaired) electrons. The number of ether oxygens (including phenoxy) is 2. The molecule has 1 aliphatic rings. The van der Waals surface area contributed by atoms with Crippen LogP contribution in [0, 0.1) is 0 Å². The lowest BCUT2D eigenvalue weighted by Gasteiger charge is -2.21. The first kappa shape index (κ1) is 20.0. The highest BCUT2D eigenvalue weighted by Gasteiger charge is 2.15. The SMILES string of the molecule is CC(NC(=O)CCCNC(=O)c1ccc(Cl)cc1)c1ccc2c(c1)OCCO2. The zero-order valence-electron chi connectivity index (χ0n) is 15.7. The van der Waals surface area contributed by atoms with Gasteiger partial charge in [-0.2, -0.15) is 0 Å². The molecule has 2 aromatic rings. The maximum atomic E-state index is 12.2. The van der Waals surface area contributed by atoms with Crippen molar-refractivity contribution in [2.45, 2.75) is 25.8 Å². The lowest BCUT2D eigenvalue weighted by molar-refractivity contribution is -0.121. The minimum absolute atomic E-state index is 0.0665. The Morgan fingerprint density at radius 3 is 2.54 bits per heavy atom. The van der Waals surface area contributed by atoms with Crippen molar-refractivity contribution in [2.24, 2.45) is 0 Å². The molecule has 0 aromatic heterocycles. The maximum Gasteiger partial charge on any atom is 0.251 e. The third kappa shape index (κ3) is 5.39. The fourth-order valence-electron chi connectivity index (χ4n) is 2.88. The summed E-state index contributed by atoms with van der Waals surface area (Å²) >= 11 is 5.81. The number of amides is 2. The molecule has 7 heteroatoms. The molecule has 0 saturated heterocycles. The fraction of sp³-hybridized carbons (Fsp3) is 0.333. The van der Waals surface area contributed by atoms with E-state index in [0.29, 0.717) is 48.9 Å². The second kappa shape index (κ2) is 9.46. The molecule has 0 saturated carbocycles. The second-order valence-electron chi connectivity index (χ2n) is 6.56. The molecular weight excluding hydrogens is 380 g/mol. The first-order valence-corrected chi connectivity index (χ1v) is 9.63. The molecule has 1 atom stereocenters. The number of rotatable bonds is 7. The number of halogens is 1. The molecular formula is C21H23ClN2O4. The van der Waals surface area contributed by atoms with Crippen LogP contribution in [0.3, 0.4) is 0 Å². The summed E-state index contributed by atoms with van der Waals surface area (Å²) in [6.45, 7) is 3.42. The van der Waals surface area contributed by atoms with E-state index in [9.17, 15) is 9.59 Å². The van der Waals surface area contributed by atoms with Gasteiger partial charge in [0.1, 0.15) is 13.2 Å². The molecule has 1 unspecified atom stereocenters. The predicted molar refractivity (Wildman–Crippen MR) is 107 cm³/mol. The minimum Gasteiger partial charge on any atom is -0.486 e. The van der Waals surface area contributed by atoms with Gasteiger partial charge >= 0.3 is 0 Å². The van der Waals surface area contributed by atoms with Crippen molar-refractivity contribution in [3.63, 3.8) is 0 Å². The Kier molecular flexibility index (Phi) is 6.76. The summed E-state index contributed by atoms with van der Waals surface area (Å²) < 4.78 is 11.1. The van der Waals surface area contributed by atoms with Crippen LogP contribution < -0.4 is 20.1 Å². The molecule has 0 aliphatic carbocycles. The van der Waals surface area contributed by atoms with Crippen LogP contribution in [0.15, 0.2) is 42.5 Å². The zero-order chi connectivity index (χ0) is 19.9. The van der Waals surface area contributed by atoms with Gasteiger partial charge < -0.3 is 20.1 Å². The second-order valence-corrected chi connectivity index (χ2v) is 7.00. The molecule has 2 aromatic carbocycles. The molecule has 0 bridgehead atoms. The van der Waals surface area contributed by atoms with Gasteiger partial charge in [-0.15, -0.1) is 0 Å². The molecule has 6 nitrogen and oxygen atoms in total. The number of fused-ring (bicyclic) bond motifs is 1. The molecule has 2 amide bonds. The lowest BCUT2D eigenvalue weighted by atomic mass is 10.1. The zero-order valence-corrected chi connectivity index (χ0v) is 16.4. The molecule has 28 heavy (non-hydrogen) atoms. The van der Waals surface area contributed by atoms with Crippen LogP contribution >= 0.6 is 11.6 Å². The van der Waals surface area contributed by atoms with Crippen molar-refractivity contribution < 1.29 is 19.1 Å². The summed E-state index contributed by atoms with van der Waals surface area (Å²) in [7, 11) is 0. The Balaban J connectivity index is 1.40. The Hall–Kier alpha value is -2.73. The van der Waals surface area contributed by atoms with Crippen LogP contribution in [0.25, 0.3) is 0 Å². The quantitative estimate of drug-likeness (QED) is 0.695. The highest BCUT2D eigenvalue weighted by molar-refractivity contribution is 6.30. The van der Waals surface area contributed by atoms with Crippen LogP contribution in [-0.4, -0.2) is 31.6 Å². The van der Waals surface area contributed by atoms with E-state index in [2.05, 4.69) is 10.6 Å². The van der Waals surface area contributed by atoms with Crippen molar-refractivity contribution in [1.82, 2.24) is 10.6 Å². The number of benzene rings is 2. The average Bonchev–Trinajstić information content (AvgIpc) is 2.71. The molecule has 1 heterocycles. The Bertz CT molecular complexity index is 839. The van der Waals surface area contributed by atoms with E-state index in [1.54, 1.807) is 24.3 Å². The number of hydrogen-bond acceptors (Lipinski definition) is 4. The highest BCUT2D eigenvalue weighted by Crippen LogP contribution is 2.32. The van der Waals surface area contributed by atoms with Gasteiger partial charge in [0.2, 0.25) is 5.91 Å². The minimum atomic E-state index is -0.179.